The number of anilines is 1. The summed E-state index contributed by atoms with van der Waals surface area (Å²) in [6.45, 7) is 2.86. The van der Waals surface area contributed by atoms with Gasteiger partial charge in [0.05, 0.1) is 21.7 Å². The molecule has 1 atom stereocenters. The maximum absolute atomic E-state index is 12.5. The van der Waals surface area contributed by atoms with E-state index in [-0.39, 0.29) is 18.2 Å². The molecule has 0 unspecified atom stereocenters. The summed E-state index contributed by atoms with van der Waals surface area (Å²) in [5.41, 5.74) is 2.85. The van der Waals surface area contributed by atoms with E-state index in [1.54, 1.807) is 18.2 Å². The van der Waals surface area contributed by atoms with Crippen molar-refractivity contribution in [3.63, 3.8) is 0 Å². The van der Waals surface area contributed by atoms with Crippen LogP contribution in [0.3, 0.4) is 0 Å². The van der Waals surface area contributed by atoms with Crippen LogP contribution in [0.5, 0.6) is 0 Å². The summed E-state index contributed by atoms with van der Waals surface area (Å²) in [6.07, 6.45) is 1.15. The van der Waals surface area contributed by atoms with Crippen molar-refractivity contribution in [3.8, 4) is 0 Å². The Morgan fingerprint density at radius 2 is 1.85 bits per heavy atom. The molecule has 0 aromatic heterocycles. The Kier molecular flexibility index (Phi) is 5.84. The third-order valence-electron chi connectivity index (χ3n) is 4.62. The molecular formula is C20H20Cl2N2O2. The first kappa shape index (κ1) is 18.7. The van der Waals surface area contributed by atoms with Gasteiger partial charge in [0.2, 0.25) is 11.8 Å². The number of nitrogens with zero attached hydrogens (tertiary/aromatic N) is 1. The molecule has 2 amide bonds. The number of carbonyl (C=O) groups excluding carboxylic acids is 2. The minimum absolute atomic E-state index is 0.124. The van der Waals surface area contributed by atoms with Gasteiger partial charge in [-0.1, -0.05) is 60.5 Å². The van der Waals surface area contributed by atoms with Crippen molar-refractivity contribution in [1.29, 1.82) is 0 Å². The molecule has 6 heteroatoms. The summed E-state index contributed by atoms with van der Waals surface area (Å²) in [7, 11) is 0. The SMILES string of the molecule is CCc1ccc(CNC(=O)[C@H]2CC(=O)N(c3cccc(Cl)c3Cl)C2)cc1. The average Bonchev–Trinajstić information content (AvgIpc) is 3.04. The number of amides is 2. The van der Waals surface area contributed by atoms with E-state index < -0.39 is 5.92 Å². The van der Waals surface area contributed by atoms with E-state index in [0.717, 1.165) is 12.0 Å². The monoisotopic (exact) mass is 390 g/mol. The summed E-state index contributed by atoms with van der Waals surface area (Å²) < 4.78 is 0. The summed E-state index contributed by atoms with van der Waals surface area (Å²) in [4.78, 5) is 26.3. The van der Waals surface area contributed by atoms with E-state index in [1.807, 2.05) is 12.1 Å². The largest absolute Gasteiger partial charge is 0.352 e. The van der Waals surface area contributed by atoms with Crippen LogP contribution in [0.2, 0.25) is 10.0 Å². The average molecular weight is 391 g/mol. The number of aryl methyl sites for hydroxylation is 1. The molecule has 1 fully saturated rings. The first-order chi connectivity index (χ1) is 12.5. The number of benzene rings is 2. The molecule has 1 heterocycles. The van der Waals surface area contributed by atoms with E-state index >= 15 is 0 Å². The Morgan fingerprint density at radius 3 is 2.54 bits per heavy atom. The third-order valence-corrected chi connectivity index (χ3v) is 5.42. The first-order valence-electron chi connectivity index (χ1n) is 8.59. The van der Waals surface area contributed by atoms with Crippen LogP contribution in [-0.2, 0) is 22.6 Å². The van der Waals surface area contributed by atoms with Crippen molar-refractivity contribution in [2.24, 2.45) is 5.92 Å². The highest BCUT2D eigenvalue weighted by atomic mass is 35.5. The lowest BCUT2D eigenvalue weighted by Gasteiger charge is -2.18. The van der Waals surface area contributed by atoms with Gasteiger partial charge >= 0.3 is 0 Å². The summed E-state index contributed by atoms with van der Waals surface area (Å²) >= 11 is 12.2. The van der Waals surface area contributed by atoms with Gasteiger partial charge in [-0.05, 0) is 29.7 Å². The normalized spacial score (nSPS) is 16.8. The van der Waals surface area contributed by atoms with Gasteiger partial charge in [0, 0.05) is 19.5 Å². The highest BCUT2D eigenvalue weighted by molar-refractivity contribution is 6.44. The summed E-state index contributed by atoms with van der Waals surface area (Å²) in [5.74, 6) is -0.646. The van der Waals surface area contributed by atoms with Gasteiger partial charge in [0.15, 0.2) is 0 Å². The second kappa shape index (κ2) is 8.11. The van der Waals surface area contributed by atoms with Crippen LogP contribution in [0, 0.1) is 5.92 Å². The Bertz CT molecular complexity index is 821. The lowest BCUT2D eigenvalue weighted by Crippen LogP contribution is -2.32. The summed E-state index contributed by atoms with van der Waals surface area (Å²) in [5, 5.41) is 3.64. The number of hydrogen-bond acceptors (Lipinski definition) is 2. The van der Waals surface area contributed by atoms with Crippen LogP contribution in [0.25, 0.3) is 0 Å². The fourth-order valence-electron chi connectivity index (χ4n) is 3.04. The predicted octanol–water partition coefficient (Wildman–Crippen LogP) is 4.23. The molecular weight excluding hydrogens is 371 g/mol. The van der Waals surface area contributed by atoms with Crippen molar-refractivity contribution in [3.05, 3.63) is 63.6 Å². The third kappa shape index (κ3) is 4.02. The highest BCUT2D eigenvalue weighted by Crippen LogP contribution is 2.35. The quantitative estimate of drug-likeness (QED) is 0.830. The van der Waals surface area contributed by atoms with Gasteiger partial charge < -0.3 is 10.2 Å². The van der Waals surface area contributed by atoms with E-state index in [4.69, 9.17) is 23.2 Å². The zero-order valence-electron chi connectivity index (χ0n) is 14.5. The second-order valence-electron chi connectivity index (χ2n) is 6.37. The molecule has 4 nitrogen and oxygen atoms in total. The minimum Gasteiger partial charge on any atom is -0.352 e. The standard InChI is InChI=1S/C20H20Cl2N2O2/c1-2-13-6-8-14(9-7-13)11-23-20(26)15-10-18(25)24(12-15)17-5-3-4-16(21)19(17)22/h3-9,15H,2,10-12H2,1H3,(H,23,26)/t15-/m0/s1. The van der Waals surface area contributed by atoms with Gasteiger partial charge in [-0.15, -0.1) is 0 Å². The Balaban J connectivity index is 1.62. The second-order valence-corrected chi connectivity index (χ2v) is 7.15. The molecule has 1 aliphatic rings. The molecule has 136 valence electrons. The van der Waals surface area contributed by atoms with E-state index in [2.05, 4.69) is 24.4 Å². The van der Waals surface area contributed by atoms with Crippen molar-refractivity contribution < 1.29 is 9.59 Å². The van der Waals surface area contributed by atoms with Crippen molar-refractivity contribution >= 4 is 40.7 Å². The highest BCUT2D eigenvalue weighted by Gasteiger charge is 2.36. The Morgan fingerprint density at radius 1 is 1.15 bits per heavy atom. The van der Waals surface area contributed by atoms with Crippen LogP contribution >= 0.6 is 23.2 Å². The summed E-state index contributed by atoms with van der Waals surface area (Å²) in [6, 6.07) is 13.3. The maximum Gasteiger partial charge on any atom is 0.227 e. The molecule has 1 aliphatic heterocycles. The molecule has 1 N–H and O–H groups in total. The molecule has 26 heavy (non-hydrogen) atoms. The predicted molar refractivity (Wildman–Crippen MR) is 105 cm³/mol. The number of halogens is 2. The zero-order valence-corrected chi connectivity index (χ0v) is 16.0. The number of rotatable bonds is 5. The topological polar surface area (TPSA) is 49.4 Å². The molecule has 0 saturated carbocycles. The smallest absolute Gasteiger partial charge is 0.227 e. The molecule has 2 aromatic rings. The lowest BCUT2D eigenvalue weighted by atomic mass is 10.1. The Labute approximate surface area is 163 Å². The van der Waals surface area contributed by atoms with E-state index in [1.165, 1.54) is 10.5 Å². The molecule has 1 saturated heterocycles. The van der Waals surface area contributed by atoms with Crippen LogP contribution in [0.1, 0.15) is 24.5 Å². The zero-order chi connectivity index (χ0) is 18.7. The van der Waals surface area contributed by atoms with E-state index in [0.29, 0.717) is 28.8 Å². The fraction of sp³-hybridized carbons (Fsp3) is 0.300. The van der Waals surface area contributed by atoms with Crippen LogP contribution in [0.4, 0.5) is 5.69 Å². The minimum atomic E-state index is -0.396. The molecule has 0 radical (unpaired) electrons. The number of carbonyl (C=O) groups is 2. The van der Waals surface area contributed by atoms with Crippen molar-refractivity contribution in [2.75, 3.05) is 11.4 Å². The lowest BCUT2D eigenvalue weighted by molar-refractivity contribution is -0.126. The van der Waals surface area contributed by atoms with Crippen LogP contribution in [-0.4, -0.2) is 18.4 Å². The maximum atomic E-state index is 12.5. The van der Waals surface area contributed by atoms with Gasteiger partial charge in [-0.3, -0.25) is 9.59 Å². The number of hydrogen-bond donors (Lipinski definition) is 1. The van der Waals surface area contributed by atoms with Gasteiger partial charge in [-0.25, -0.2) is 0 Å². The van der Waals surface area contributed by atoms with Crippen LogP contribution in [0.15, 0.2) is 42.5 Å². The number of nitrogens with one attached hydrogen (secondary N) is 1. The van der Waals surface area contributed by atoms with Crippen LogP contribution < -0.4 is 10.2 Å². The van der Waals surface area contributed by atoms with Crippen molar-refractivity contribution in [1.82, 2.24) is 5.32 Å². The molecule has 0 aliphatic carbocycles. The molecule has 0 spiro atoms. The molecule has 3 rings (SSSR count). The fourth-order valence-corrected chi connectivity index (χ4v) is 3.44. The molecule has 0 bridgehead atoms. The van der Waals surface area contributed by atoms with Gasteiger partial charge in [-0.2, -0.15) is 0 Å². The van der Waals surface area contributed by atoms with Gasteiger partial charge in [0.25, 0.3) is 0 Å². The van der Waals surface area contributed by atoms with Gasteiger partial charge in [0.1, 0.15) is 0 Å². The van der Waals surface area contributed by atoms with Crippen molar-refractivity contribution in [2.45, 2.75) is 26.3 Å². The molecule has 2 aromatic carbocycles. The van der Waals surface area contributed by atoms with E-state index in [9.17, 15) is 9.59 Å². The first-order valence-corrected chi connectivity index (χ1v) is 9.35. The Hall–Kier alpha value is -2.04.